The molecule has 1 aromatic carbocycles. The van der Waals surface area contributed by atoms with Gasteiger partial charge in [-0.25, -0.2) is 0 Å². The lowest BCUT2D eigenvalue weighted by Crippen LogP contribution is -2.06. The highest BCUT2D eigenvalue weighted by Gasteiger charge is 2.23. The van der Waals surface area contributed by atoms with Gasteiger partial charge in [-0.05, 0) is 19.4 Å². The number of nitro groups is 1. The molecule has 6 heteroatoms. The normalized spacial score (nSPS) is 10.4. The van der Waals surface area contributed by atoms with Crippen LogP contribution in [0.4, 0.5) is 5.69 Å². The van der Waals surface area contributed by atoms with E-state index in [9.17, 15) is 14.9 Å². The molecule has 0 heterocycles. The highest BCUT2D eigenvalue weighted by Crippen LogP contribution is 2.35. The summed E-state index contributed by atoms with van der Waals surface area (Å²) in [6, 6.07) is 2.92. The molecule has 0 saturated heterocycles. The zero-order valence-electron chi connectivity index (χ0n) is 12.4. The lowest BCUT2D eigenvalue weighted by molar-refractivity contribution is -0.386. The lowest BCUT2D eigenvalue weighted by Gasteiger charge is -2.11. The highest BCUT2D eigenvalue weighted by molar-refractivity contribution is 9.10. The van der Waals surface area contributed by atoms with Gasteiger partial charge in [0.1, 0.15) is 0 Å². The van der Waals surface area contributed by atoms with Crippen molar-refractivity contribution in [3.8, 4) is 5.75 Å². The molecule has 0 aromatic heterocycles. The summed E-state index contributed by atoms with van der Waals surface area (Å²) in [5.41, 5.74) is 0.0627. The van der Waals surface area contributed by atoms with Gasteiger partial charge in [-0.15, -0.1) is 0 Å². The Morgan fingerprint density at radius 3 is 2.52 bits per heavy atom. The van der Waals surface area contributed by atoms with Gasteiger partial charge in [0.15, 0.2) is 5.78 Å². The van der Waals surface area contributed by atoms with E-state index in [2.05, 4.69) is 22.9 Å². The number of nitro benzene ring substituents is 1. The predicted octanol–water partition coefficient (Wildman–Crippen LogP) is 4.91. The van der Waals surface area contributed by atoms with E-state index in [4.69, 9.17) is 4.74 Å². The van der Waals surface area contributed by atoms with Crippen LogP contribution in [0.15, 0.2) is 16.6 Å². The van der Waals surface area contributed by atoms with Crippen LogP contribution in [0.5, 0.6) is 5.75 Å². The predicted molar refractivity (Wildman–Crippen MR) is 85.1 cm³/mol. The highest BCUT2D eigenvalue weighted by atomic mass is 79.9. The first-order valence-corrected chi connectivity index (χ1v) is 7.88. The first-order chi connectivity index (χ1) is 9.97. The molecule has 1 aromatic rings. The molecule has 0 aliphatic carbocycles. The van der Waals surface area contributed by atoms with E-state index in [1.165, 1.54) is 19.4 Å². The summed E-state index contributed by atoms with van der Waals surface area (Å²) in [4.78, 5) is 22.2. The van der Waals surface area contributed by atoms with Gasteiger partial charge in [0, 0.05) is 10.5 Å². The maximum atomic E-state index is 11.6. The van der Waals surface area contributed by atoms with Crippen molar-refractivity contribution < 1.29 is 14.5 Å². The number of Topliss-reactive ketones (excluding diaryl/α,β-unsaturated/α-hetero) is 1. The van der Waals surface area contributed by atoms with Gasteiger partial charge in [0.05, 0.1) is 17.1 Å². The van der Waals surface area contributed by atoms with Crippen molar-refractivity contribution in [1.82, 2.24) is 0 Å². The summed E-state index contributed by atoms with van der Waals surface area (Å²) < 4.78 is 6.04. The third-order valence-corrected chi connectivity index (χ3v) is 3.56. The van der Waals surface area contributed by atoms with Crippen LogP contribution in [0.3, 0.4) is 0 Å². The van der Waals surface area contributed by atoms with Gasteiger partial charge < -0.3 is 4.74 Å². The fraction of sp³-hybridized carbons (Fsp3) is 0.533. The van der Waals surface area contributed by atoms with Crippen molar-refractivity contribution in [2.45, 2.75) is 46.0 Å². The molecule has 0 saturated carbocycles. The Kier molecular flexibility index (Phi) is 7.36. The summed E-state index contributed by atoms with van der Waals surface area (Å²) >= 11 is 3.18. The topological polar surface area (TPSA) is 69.4 Å². The van der Waals surface area contributed by atoms with Crippen molar-refractivity contribution in [2.75, 3.05) is 6.61 Å². The Bertz CT molecular complexity index is 481. The Labute approximate surface area is 133 Å². The van der Waals surface area contributed by atoms with Crippen LogP contribution >= 0.6 is 15.9 Å². The molecular weight excluding hydrogens is 338 g/mol. The van der Waals surface area contributed by atoms with Crippen molar-refractivity contribution >= 4 is 27.4 Å². The molecule has 5 nitrogen and oxygen atoms in total. The van der Waals surface area contributed by atoms with E-state index < -0.39 is 4.92 Å². The molecule has 21 heavy (non-hydrogen) atoms. The van der Waals surface area contributed by atoms with Crippen LogP contribution in [-0.4, -0.2) is 17.3 Å². The first-order valence-electron chi connectivity index (χ1n) is 7.09. The second kappa shape index (κ2) is 8.77. The summed E-state index contributed by atoms with van der Waals surface area (Å²) in [6.07, 6.45) is 5.31. The molecule has 0 unspecified atom stereocenters. The molecule has 0 N–H and O–H groups in total. The third kappa shape index (κ3) is 5.46. The standard InChI is InChI=1S/C15H20BrNO4/c1-3-4-5-6-7-8-21-15-13(11(2)18)9-12(16)10-14(15)17(19)20/h9-10H,3-8H2,1-2H3. The minimum absolute atomic E-state index is 0.0752. The molecule has 116 valence electrons. The maximum absolute atomic E-state index is 11.6. The minimum atomic E-state index is -0.524. The molecule has 0 bridgehead atoms. The molecule has 0 fully saturated rings. The average Bonchev–Trinajstić information content (AvgIpc) is 2.42. The quantitative estimate of drug-likeness (QED) is 0.272. The number of carbonyl (C=O) groups is 1. The molecule has 1 rings (SSSR count). The SMILES string of the molecule is CCCCCCCOc1c(C(C)=O)cc(Br)cc1[N+](=O)[O-]. The molecule has 0 aliphatic heterocycles. The fourth-order valence-electron chi connectivity index (χ4n) is 2.01. The van der Waals surface area contributed by atoms with E-state index in [0.29, 0.717) is 11.1 Å². The van der Waals surface area contributed by atoms with Crippen LogP contribution < -0.4 is 4.74 Å². The Hall–Kier alpha value is -1.43. The molecule has 0 atom stereocenters. The van der Waals surface area contributed by atoms with Crippen LogP contribution in [0.25, 0.3) is 0 Å². The fourth-order valence-corrected chi connectivity index (χ4v) is 2.45. The monoisotopic (exact) mass is 357 g/mol. The van der Waals surface area contributed by atoms with E-state index in [1.807, 2.05) is 0 Å². The Balaban J connectivity index is 2.83. The van der Waals surface area contributed by atoms with Crippen molar-refractivity contribution in [1.29, 1.82) is 0 Å². The van der Waals surface area contributed by atoms with Gasteiger partial charge in [-0.3, -0.25) is 14.9 Å². The largest absolute Gasteiger partial charge is 0.486 e. The summed E-state index contributed by atoms with van der Waals surface area (Å²) in [7, 11) is 0. The van der Waals surface area contributed by atoms with Crippen LogP contribution in [-0.2, 0) is 0 Å². The van der Waals surface area contributed by atoms with E-state index in [1.54, 1.807) is 6.07 Å². The second-order valence-corrected chi connectivity index (χ2v) is 5.79. The number of unbranched alkanes of at least 4 members (excludes halogenated alkanes) is 4. The van der Waals surface area contributed by atoms with Crippen LogP contribution in [0, 0.1) is 10.1 Å². The minimum Gasteiger partial charge on any atom is -0.486 e. The lowest BCUT2D eigenvalue weighted by atomic mass is 10.1. The summed E-state index contributed by atoms with van der Waals surface area (Å²) in [6.45, 7) is 3.90. The zero-order valence-corrected chi connectivity index (χ0v) is 13.9. The molecule has 0 spiro atoms. The summed E-state index contributed by atoms with van der Waals surface area (Å²) in [5, 5.41) is 11.1. The summed E-state index contributed by atoms with van der Waals surface area (Å²) in [5.74, 6) is -0.174. The first kappa shape index (κ1) is 17.6. The number of nitrogens with zero attached hydrogens (tertiary/aromatic N) is 1. The van der Waals surface area contributed by atoms with Crippen LogP contribution in [0.2, 0.25) is 0 Å². The number of hydrogen-bond acceptors (Lipinski definition) is 4. The number of hydrogen-bond donors (Lipinski definition) is 0. The molecule has 0 radical (unpaired) electrons. The van der Waals surface area contributed by atoms with E-state index in [0.717, 1.165) is 25.7 Å². The number of ether oxygens (including phenoxy) is 1. The van der Waals surface area contributed by atoms with Gasteiger partial charge in [0.2, 0.25) is 5.75 Å². The number of rotatable bonds is 9. The van der Waals surface area contributed by atoms with Crippen molar-refractivity contribution in [3.05, 3.63) is 32.3 Å². The zero-order chi connectivity index (χ0) is 15.8. The number of halogens is 1. The van der Waals surface area contributed by atoms with Gasteiger partial charge in [-0.2, -0.15) is 0 Å². The number of benzene rings is 1. The van der Waals surface area contributed by atoms with Crippen LogP contribution in [0.1, 0.15) is 56.3 Å². The number of carbonyl (C=O) groups excluding carboxylic acids is 1. The van der Waals surface area contributed by atoms with Gasteiger partial charge >= 0.3 is 5.69 Å². The molecular formula is C15H20BrNO4. The van der Waals surface area contributed by atoms with Gasteiger partial charge in [0.25, 0.3) is 0 Å². The second-order valence-electron chi connectivity index (χ2n) is 4.88. The van der Waals surface area contributed by atoms with E-state index >= 15 is 0 Å². The van der Waals surface area contributed by atoms with E-state index in [-0.39, 0.29) is 22.8 Å². The van der Waals surface area contributed by atoms with Crippen molar-refractivity contribution in [2.24, 2.45) is 0 Å². The smallest absolute Gasteiger partial charge is 0.312 e. The van der Waals surface area contributed by atoms with Gasteiger partial charge in [-0.1, -0.05) is 48.5 Å². The maximum Gasteiger partial charge on any atom is 0.312 e. The molecule has 0 aliphatic rings. The number of ketones is 1. The average molecular weight is 358 g/mol. The van der Waals surface area contributed by atoms with Crippen molar-refractivity contribution in [3.63, 3.8) is 0 Å². The Morgan fingerprint density at radius 1 is 1.29 bits per heavy atom. The third-order valence-electron chi connectivity index (χ3n) is 3.10. The molecule has 0 amide bonds. The Morgan fingerprint density at radius 2 is 1.95 bits per heavy atom.